The number of hydrogen-bond acceptors (Lipinski definition) is 1. The minimum absolute atomic E-state index is 0.197. The van der Waals surface area contributed by atoms with Crippen LogP contribution in [0.3, 0.4) is 0 Å². The molecule has 1 radical (unpaired) electrons. The highest BCUT2D eigenvalue weighted by Gasteiger charge is 1.94. The summed E-state index contributed by atoms with van der Waals surface area (Å²) in [6, 6.07) is 6.58. The van der Waals surface area contributed by atoms with Gasteiger partial charge < -0.3 is 0 Å². The Labute approximate surface area is 58.1 Å². The van der Waals surface area contributed by atoms with Crippen molar-refractivity contribution < 1.29 is 4.39 Å². The third kappa shape index (κ3) is 1.45. The highest BCUT2D eigenvalue weighted by molar-refractivity contribution is 8.00. The zero-order chi connectivity index (χ0) is 6.69. The summed E-state index contributed by atoms with van der Waals surface area (Å²) in [5.41, 5.74) is 0. The monoisotopic (exact) mass is 141 g/mol. The summed E-state index contributed by atoms with van der Waals surface area (Å²) in [5.74, 6) is -0.197. The van der Waals surface area contributed by atoms with E-state index in [2.05, 4.69) is 6.26 Å². The molecule has 0 amide bonds. The van der Waals surface area contributed by atoms with Gasteiger partial charge in [-0.3, -0.25) is 0 Å². The topological polar surface area (TPSA) is 0 Å². The molecular formula is C7H6FS. The van der Waals surface area contributed by atoms with Gasteiger partial charge in [0.1, 0.15) is 5.82 Å². The van der Waals surface area contributed by atoms with E-state index in [1.165, 1.54) is 17.8 Å². The molecule has 0 atom stereocenters. The van der Waals surface area contributed by atoms with E-state index in [4.69, 9.17) is 0 Å². The van der Waals surface area contributed by atoms with Crippen molar-refractivity contribution in [2.45, 2.75) is 4.90 Å². The molecule has 9 heavy (non-hydrogen) atoms. The number of benzene rings is 1. The second kappa shape index (κ2) is 2.87. The van der Waals surface area contributed by atoms with Gasteiger partial charge in [0.25, 0.3) is 0 Å². The SMILES string of the molecule is [CH2]Sc1ccccc1F. The molecule has 0 spiro atoms. The summed E-state index contributed by atoms with van der Waals surface area (Å²) in [7, 11) is 0. The predicted octanol–water partition coefficient (Wildman–Crippen LogP) is 2.71. The Morgan fingerprint density at radius 1 is 1.33 bits per heavy atom. The highest BCUT2D eigenvalue weighted by atomic mass is 32.2. The zero-order valence-electron chi connectivity index (χ0n) is 4.80. The average molecular weight is 141 g/mol. The molecule has 0 fully saturated rings. The van der Waals surface area contributed by atoms with Crippen LogP contribution in [0.5, 0.6) is 0 Å². The van der Waals surface area contributed by atoms with E-state index in [-0.39, 0.29) is 5.82 Å². The van der Waals surface area contributed by atoms with Crippen LogP contribution in [0.2, 0.25) is 0 Å². The highest BCUT2D eigenvalue weighted by Crippen LogP contribution is 2.18. The molecule has 47 valence electrons. The molecule has 2 heteroatoms. The van der Waals surface area contributed by atoms with Crippen LogP contribution in [0, 0.1) is 12.1 Å². The average Bonchev–Trinajstić information content (AvgIpc) is 1.89. The zero-order valence-corrected chi connectivity index (χ0v) is 5.62. The van der Waals surface area contributed by atoms with Crippen LogP contribution in [0.1, 0.15) is 0 Å². The summed E-state index contributed by atoms with van der Waals surface area (Å²) in [4.78, 5) is 0.595. The summed E-state index contributed by atoms with van der Waals surface area (Å²) < 4.78 is 12.5. The van der Waals surface area contributed by atoms with Gasteiger partial charge in [-0.2, -0.15) is 0 Å². The minimum Gasteiger partial charge on any atom is -0.206 e. The molecule has 0 N–H and O–H groups in total. The van der Waals surface area contributed by atoms with E-state index < -0.39 is 0 Å². The maximum atomic E-state index is 12.5. The molecule has 0 heterocycles. The van der Waals surface area contributed by atoms with Gasteiger partial charge in [-0.15, -0.1) is 11.8 Å². The minimum atomic E-state index is -0.197. The van der Waals surface area contributed by atoms with Crippen LogP contribution >= 0.6 is 11.8 Å². The molecule has 0 aromatic heterocycles. The molecule has 0 nitrogen and oxygen atoms in total. The first-order chi connectivity index (χ1) is 4.34. The van der Waals surface area contributed by atoms with Gasteiger partial charge >= 0.3 is 0 Å². The molecule has 1 aromatic rings. The predicted molar refractivity (Wildman–Crippen MR) is 37.6 cm³/mol. The standard InChI is InChI=1S/C7H6FS/c1-9-7-5-3-2-4-6(7)8/h2-5H,1H2. The van der Waals surface area contributed by atoms with Crippen molar-refractivity contribution in [1.29, 1.82) is 0 Å². The van der Waals surface area contributed by atoms with E-state index in [9.17, 15) is 4.39 Å². The number of rotatable bonds is 1. The third-order valence-electron chi connectivity index (χ3n) is 0.992. The first kappa shape index (κ1) is 6.62. The van der Waals surface area contributed by atoms with Crippen LogP contribution in [0.25, 0.3) is 0 Å². The second-order valence-corrected chi connectivity index (χ2v) is 2.30. The third-order valence-corrected chi connectivity index (χ3v) is 1.63. The lowest BCUT2D eigenvalue weighted by Gasteiger charge is -1.94. The number of thioether (sulfide) groups is 1. The molecule has 0 bridgehead atoms. The molecule has 0 saturated carbocycles. The molecule has 0 aliphatic rings. The smallest absolute Gasteiger partial charge is 0.136 e. The summed E-state index contributed by atoms with van der Waals surface area (Å²) in [5, 5.41) is 0. The molecular weight excluding hydrogens is 135 g/mol. The maximum absolute atomic E-state index is 12.5. The lowest BCUT2D eigenvalue weighted by atomic mass is 10.4. The van der Waals surface area contributed by atoms with E-state index >= 15 is 0 Å². The van der Waals surface area contributed by atoms with Crippen LogP contribution in [0.15, 0.2) is 29.2 Å². The fraction of sp³-hybridized carbons (Fsp3) is 0. The van der Waals surface area contributed by atoms with Gasteiger partial charge in [-0.1, -0.05) is 12.1 Å². The van der Waals surface area contributed by atoms with Gasteiger partial charge in [0.05, 0.1) is 0 Å². The van der Waals surface area contributed by atoms with E-state index in [1.54, 1.807) is 18.2 Å². The van der Waals surface area contributed by atoms with Gasteiger partial charge in [-0.25, -0.2) is 4.39 Å². The summed E-state index contributed by atoms with van der Waals surface area (Å²) in [6.07, 6.45) is 3.49. The normalized spacial score (nSPS) is 9.56. The van der Waals surface area contributed by atoms with Gasteiger partial charge in [0.2, 0.25) is 0 Å². The largest absolute Gasteiger partial charge is 0.206 e. The Hall–Kier alpha value is -0.500. The Morgan fingerprint density at radius 3 is 2.44 bits per heavy atom. The fourth-order valence-electron chi connectivity index (χ4n) is 0.562. The van der Waals surface area contributed by atoms with Crippen molar-refractivity contribution in [1.82, 2.24) is 0 Å². The van der Waals surface area contributed by atoms with Crippen molar-refractivity contribution in [2.24, 2.45) is 0 Å². The second-order valence-electron chi connectivity index (χ2n) is 1.57. The first-order valence-corrected chi connectivity index (χ1v) is 3.49. The molecule has 0 aliphatic heterocycles. The van der Waals surface area contributed by atoms with E-state index in [1.807, 2.05) is 0 Å². The Bertz CT molecular complexity index is 198. The molecule has 0 aliphatic carbocycles. The Kier molecular flexibility index (Phi) is 2.11. The number of halogens is 1. The molecule has 0 saturated heterocycles. The van der Waals surface area contributed by atoms with Crippen molar-refractivity contribution in [3.63, 3.8) is 0 Å². The Morgan fingerprint density at radius 2 is 2.00 bits per heavy atom. The lowest BCUT2D eigenvalue weighted by molar-refractivity contribution is 0.602. The quantitative estimate of drug-likeness (QED) is 0.542. The van der Waals surface area contributed by atoms with Crippen molar-refractivity contribution in [3.8, 4) is 0 Å². The van der Waals surface area contributed by atoms with Gasteiger partial charge in [-0.05, 0) is 12.1 Å². The first-order valence-electron chi connectivity index (χ1n) is 2.51. The van der Waals surface area contributed by atoms with E-state index in [0.717, 1.165) is 0 Å². The van der Waals surface area contributed by atoms with Crippen LogP contribution in [0.4, 0.5) is 4.39 Å². The maximum Gasteiger partial charge on any atom is 0.136 e. The van der Waals surface area contributed by atoms with Crippen molar-refractivity contribution in [3.05, 3.63) is 36.3 Å². The van der Waals surface area contributed by atoms with Crippen LogP contribution in [-0.4, -0.2) is 0 Å². The van der Waals surface area contributed by atoms with Gasteiger partial charge in [0.15, 0.2) is 0 Å². The summed E-state index contributed by atoms with van der Waals surface area (Å²) >= 11 is 1.17. The van der Waals surface area contributed by atoms with Crippen molar-refractivity contribution in [2.75, 3.05) is 0 Å². The van der Waals surface area contributed by atoms with E-state index in [0.29, 0.717) is 4.90 Å². The van der Waals surface area contributed by atoms with Crippen LogP contribution < -0.4 is 0 Å². The van der Waals surface area contributed by atoms with Crippen LogP contribution in [-0.2, 0) is 0 Å². The number of hydrogen-bond donors (Lipinski definition) is 0. The van der Waals surface area contributed by atoms with Crippen molar-refractivity contribution >= 4 is 11.8 Å². The Balaban J connectivity index is 3.01. The van der Waals surface area contributed by atoms with Gasteiger partial charge in [0, 0.05) is 11.2 Å². The summed E-state index contributed by atoms with van der Waals surface area (Å²) in [6.45, 7) is 0. The molecule has 1 aromatic carbocycles. The molecule has 0 unspecified atom stereocenters. The molecule has 1 rings (SSSR count). The fourth-order valence-corrected chi connectivity index (χ4v) is 0.943. The lowest BCUT2D eigenvalue weighted by Crippen LogP contribution is -1.74.